The molecule has 0 radical (unpaired) electrons. The minimum Gasteiger partial charge on any atom is -0.354 e. The predicted molar refractivity (Wildman–Crippen MR) is 250 cm³/mol. The molecule has 4 heteroatoms. The minimum atomic E-state index is 0.812. The normalized spacial score (nSPS) is 11.9. The fraction of sp³-hybridized carbons (Fsp3) is 0.164. The van der Waals surface area contributed by atoms with Gasteiger partial charge in [-0.3, -0.25) is 0 Å². The maximum atomic E-state index is 5.59. The van der Waals surface area contributed by atoms with Crippen LogP contribution in [-0.2, 0) is 0 Å². The van der Waals surface area contributed by atoms with Gasteiger partial charge in [-0.2, -0.15) is 0 Å². The summed E-state index contributed by atoms with van der Waals surface area (Å²) in [5.41, 5.74) is 26.9. The Morgan fingerprint density at radius 1 is 0.356 bits per heavy atom. The molecule has 7 aromatic rings. The molecule has 8 bridgehead atoms. The second kappa shape index (κ2) is 14.8. The Balaban J connectivity index is 1.50. The Morgan fingerprint density at radius 3 is 1.10 bits per heavy atom. The van der Waals surface area contributed by atoms with Crippen molar-refractivity contribution in [2.24, 2.45) is 0 Å². The van der Waals surface area contributed by atoms with Crippen molar-refractivity contribution < 1.29 is 0 Å². The maximum absolute atomic E-state index is 5.59. The molecule has 2 N–H and O–H groups in total. The lowest BCUT2D eigenvalue weighted by Crippen LogP contribution is -1.96. The Bertz CT molecular complexity index is 3060. The fourth-order valence-corrected chi connectivity index (χ4v) is 9.51. The van der Waals surface area contributed by atoms with Gasteiger partial charge in [0.1, 0.15) is 0 Å². The molecule has 0 aliphatic carbocycles. The molecule has 4 aromatic carbocycles. The van der Waals surface area contributed by atoms with Gasteiger partial charge < -0.3 is 9.97 Å². The molecule has 3 aromatic heterocycles. The van der Waals surface area contributed by atoms with Gasteiger partial charge in [0.05, 0.1) is 33.9 Å². The van der Waals surface area contributed by atoms with Crippen LogP contribution in [0.4, 0.5) is 0 Å². The number of aromatic amines is 2. The zero-order valence-corrected chi connectivity index (χ0v) is 35.4. The van der Waals surface area contributed by atoms with Gasteiger partial charge in [0.2, 0.25) is 0 Å². The third-order valence-corrected chi connectivity index (χ3v) is 11.6. The van der Waals surface area contributed by atoms with E-state index in [2.05, 4.69) is 169 Å². The number of nitrogens with zero attached hydrogens (tertiary/aromatic N) is 2. The van der Waals surface area contributed by atoms with Crippen molar-refractivity contribution in [3.63, 3.8) is 0 Å². The summed E-state index contributed by atoms with van der Waals surface area (Å²) in [4.78, 5) is 18.9. The van der Waals surface area contributed by atoms with E-state index in [1.807, 2.05) is 30.3 Å². The number of rotatable bonds is 3. The van der Waals surface area contributed by atoms with Crippen molar-refractivity contribution >= 4 is 46.4 Å². The molecule has 9 rings (SSSR count). The third-order valence-electron chi connectivity index (χ3n) is 11.6. The topological polar surface area (TPSA) is 57.4 Å². The number of aromatic nitrogens is 4. The van der Waals surface area contributed by atoms with E-state index < -0.39 is 0 Å². The summed E-state index contributed by atoms with van der Waals surface area (Å²) < 4.78 is 0. The highest BCUT2D eigenvalue weighted by atomic mass is 14.8. The summed E-state index contributed by atoms with van der Waals surface area (Å²) in [5.74, 6) is 7.02. The summed E-state index contributed by atoms with van der Waals surface area (Å²) in [7, 11) is 0. The Kier molecular flexibility index (Phi) is 9.41. The molecule has 2 aliphatic heterocycles. The quantitative estimate of drug-likeness (QED) is 0.176. The summed E-state index contributed by atoms with van der Waals surface area (Å²) >= 11 is 0. The maximum Gasteiger partial charge on any atom is 0.0815 e. The number of nitrogens with one attached hydrogen (secondary N) is 2. The number of hydrogen-bond acceptors (Lipinski definition) is 2. The van der Waals surface area contributed by atoms with Crippen LogP contribution in [-0.4, -0.2) is 19.9 Å². The van der Waals surface area contributed by atoms with Crippen molar-refractivity contribution in [2.75, 3.05) is 0 Å². The van der Waals surface area contributed by atoms with Gasteiger partial charge in [-0.05, 0) is 173 Å². The smallest absolute Gasteiger partial charge is 0.0815 e. The second-order valence-electron chi connectivity index (χ2n) is 16.4. The van der Waals surface area contributed by atoms with Crippen molar-refractivity contribution in [2.45, 2.75) is 62.3 Å². The van der Waals surface area contributed by atoms with E-state index >= 15 is 0 Å². The minimum absolute atomic E-state index is 0.812. The van der Waals surface area contributed by atoms with E-state index in [9.17, 15) is 0 Å². The molecule has 0 saturated heterocycles. The average Bonchev–Trinajstić information content (AvgIpc) is 4.02. The van der Waals surface area contributed by atoms with Crippen LogP contribution >= 0.6 is 0 Å². The van der Waals surface area contributed by atoms with Crippen LogP contribution in [0.25, 0.3) is 79.8 Å². The van der Waals surface area contributed by atoms with E-state index in [1.165, 1.54) is 66.8 Å². The first-order chi connectivity index (χ1) is 28.4. The largest absolute Gasteiger partial charge is 0.354 e. The van der Waals surface area contributed by atoms with Crippen molar-refractivity contribution in [1.82, 2.24) is 19.9 Å². The predicted octanol–water partition coefficient (Wildman–Crippen LogP) is 13.8. The summed E-state index contributed by atoms with van der Waals surface area (Å²) in [6.07, 6.45) is 8.64. The van der Waals surface area contributed by atoms with E-state index in [0.29, 0.717) is 0 Å². The molecular formula is C55H48N4. The molecule has 288 valence electrons. The first-order valence-electron chi connectivity index (χ1n) is 20.4. The summed E-state index contributed by atoms with van der Waals surface area (Å²) in [6, 6.07) is 32.5. The molecule has 59 heavy (non-hydrogen) atoms. The van der Waals surface area contributed by atoms with Gasteiger partial charge in [-0.15, -0.1) is 0 Å². The number of benzene rings is 4. The lowest BCUT2D eigenvalue weighted by atomic mass is 9.92. The van der Waals surface area contributed by atoms with Crippen LogP contribution in [0.3, 0.4) is 0 Å². The SMILES string of the molecule is Cc1cc(C)c(-c2c3nc(c(-c4c(C)cc(C)cc4C)c4ccc([nH]4)c(-c4c(C)cc(C)cc4C)c4nc(c(C#Cc5ccccc5)c5ccc2[nH]5)C=C4)C=C3)c(C)c1. The van der Waals surface area contributed by atoms with Crippen LogP contribution in [0, 0.1) is 74.2 Å². The molecule has 5 heterocycles. The van der Waals surface area contributed by atoms with Crippen molar-refractivity contribution in [1.29, 1.82) is 0 Å². The molecular weight excluding hydrogens is 717 g/mol. The van der Waals surface area contributed by atoms with Crippen LogP contribution in [0.1, 0.15) is 84.0 Å². The zero-order valence-electron chi connectivity index (χ0n) is 35.4. The van der Waals surface area contributed by atoms with E-state index in [1.54, 1.807) is 0 Å². The molecule has 0 spiro atoms. The van der Waals surface area contributed by atoms with Gasteiger partial charge in [-0.1, -0.05) is 83.1 Å². The van der Waals surface area contributed by atoms with Crippen molar-refractivity contribution in [3.05, 3.63) is 175 Å². The Morgan fingerprint density at radius 2 is 0.695 bits per heavy atom. The van der Waals surface area contributed by atoms with Gasteiger partial charge in [0.25, 0.3) is 0 Å². The number of H-pyrrole nitrogens is 2. The first kappa shape index (κ1) is 37.6. The molecule has 4 nitrogen and oxygen atoms in total. The molecule has 0 unspecified atom stereocenters. The molecule has 2 aliphatic rings. The first-order valence-corrected chi connectivity index (χ1v) is 20.4. The van der Waals surface area contributed by atoms with E-state index in [-0.39, 0.29) is 0 Å². The summed E-state index contributed by atoms with van der Waals surface area (Å²) in [5, 5.41) is 0. The average molecular weight is 765 g/mol. The molecule has 0 fully saturated rings. The standard InChI is InChI=1S/C55H48N4/c1-31-25-34(4)50(35(5)26-31)53-44-19-17-42(56-44)41(16-15-40-13-11-10-12-14-40)43-18-20-45(57-43)54(51-36(6)27-32(2)28-37(51)7)47-22-24-49(59-47)55(48-23-21-46(53)58-48)52-38(8)29-33(3)30-39(52)9/h10-14,17-30,56,59H,1-9H3. The van der Waals surface area contributed by atoms with Gasteiger partial charge in [0, 0.05) is 38.8 Å². The van der Waals surface area contributed by atoms with Crippen molar-refractivity contribution in [3.8, 4) is 45.2 Å². The van der Waals surface area contributed by atoms with Gasteiger partial charge >= 0.3 is 0 Å². The highest BCUT2D eigenvalue weighted by molar-refractivity contribution is 6.00. The van der Waals surface area contributed by atoms with Crippen LogP contribution < -0.4 is 0 Å². The monoisotopic (exact) mass is 764 g/mol. The van der Waals surface area contributed by atoms with E-state index in [0.717, 1.165) is 72.7 Å². The molecule has 0 saturated carbocycles. The van der Waals surface area contributed by atoms with Gasteiger partial charge in [-0.25, -0.2) is 9.97 Å². The Hall–Kier alpha value is -6.96. The zero-order chi connectivity index (χ0) is 41.1. The van der Waals surface area contributed by atoms with E-state index in [4.69, 9.17) is 9.97 Å². The fourth-order valence-electron chi connectivity index (χ4n) is 9.51. The highest BCUT2D eigenvalue weighted by Crippen LogP contribution is 2.41. The number of aryl methyl sites for hydroxylation is 9. The Labute approximate surface area is 347 Å². The number of fused-ring (bicyclic) bond motifs is 8. The van der Waals surface area contributed by atoms with Crippen LogP contribution in [0.5, 0.6) is 0 Å². The van der Waals surface area contributed by atoms with Crippen LogP contribution in [0.2, 0.25) is 0 Å². The lowest BCUT2D eigenvalue weighted by Gasteiger charge is -2.14. The molecule has 0 amide bonds. The number of hydrogen-bond donors (Lipinski definition) is 2. The van der Waals surface area contributed by atoms with Gasteiger partial charge in [0.15, 0.2) is 0 Å². The molecule has 0 atom stereocenters. The second-order valence-corrected chi connectivity index (χ2v) is 16.4. The summed E-state index contributed by atoms with van der Waals surface area (Å²) in [6.45, 7) is 19.7. The van der Waals surface area contributed by atoms with Crippen LogP contribution in [0.15, 0.2) is 91.0 Å². The lowest BCUT2D eigenvalue weighted by molar-refractivity contribution is 1.27. The third kappa shape index (κ3) is 6.83. The highest BCUT2D eigenvalue weighted by Gasteiger charge is 2.22.